The van der Waals surface area contributed by atoms with Gasteiger partial charge in [-0.2, -0.15) is 0 Å². The smallest absolute Gasteiger partial charge is 0.306 e. The molecule has 1 atom stereocenters. The van der Waals surface area contributed by atoms with Gasteiger partial charge in [-0.05, 0) is 148 Å². The van der Waals surface area contributed by atoms with E-state index in [1.165, 1.54) is 25.7 Å². The maximum Gasteiger partial charge on any atom is 0.306 e. The molecule has 6 heteroatoms. The Morgan fingerprint density at radius 1 is 0.247 bits per heavy atom. The van der Waals surface area contributed by atoms with E-state index in [0.717, 1.165) is 167 Å². The minimum absolute atomic E-state index is 0.124. The summed E-state index contributed by atoms with van der Waals surface area (Å²) in [6.45, 7) is 6.19. The normalized spacial score (nSPS) is 13.5. The lowest BCUT2D eigenvalue weighted by atomic mass is 10.1. The van der Waals surface area contributed by atoms with Gasteiger partial charge in [0, 0.05) is 19.3 Å². The highest BCUT2D eigenvalue weighted by atomic mass is 16.6. The SMILES string of the molecule is CC/C=C\C/C=C\C/C=C\C/C=C\C/C=C\C/C=C\C/C=C\C/C=C\CCCCCCCCC(=O)OCC(COC(=O)CC/C=C\C/C=C\C/C=C\C/C=C\CC)OC(=O)CCCCCCCC/C=C\C/C=C\C/C=C\C/C=C\CC. The van der Waals surface area contributed by atoms with E-state index in [1.807, 2.05) is 12.2 Å². The molecule has 0 saturated carbocycles. The third-order valence-electron chi connectivity index (χ3n) is 12.6. The Hall–Kier alpha value is -5.75. The fourth-order valence-corrected chi connectivity index (χ4v) is 7.93. The van der Waals surface area contributed by atoms with Gasteiger partial charge in [0.25, 0.3) is 0 Å². The first kappa shape index (κ1) is 75.2. The molecule has 0 amide bonds. The molecule has 450 valence electrons. The fourth-order valence-electron chi connectivity index (χ4n) is 7.93. The van der Waals surface area contributed by atoms with Crippen LogP contribution in [0.4, 0.5) is 0 Å². The van der Waals surface area contributed by atoms with E-state index in [-0.39, 0.29) is 44.0 Å². The Kier molecular flexibility index (Phi) is 62.0. The van der Waals surface area contributed by atoms with Gasteiger partial charge < -0.3 is 14.2 Å². The lowest BCUT2D eigenvalue weighted by molar-refractivity contribution is -0.166. The third-order valence-corrected chi connectivity index (χ3v) is 12.6. The molecule has 0 aromatic heterocycles. The molecule has 0 fully saturated rings. The molecule has 0 saturated heterocycles. The highest BCUT2D eigenvalue weighted by molar-refractivity contribution is 5.71. The first-order valence-corrected chi connectivity index (χ1v) is 31.9. The monoisotopic (exact) mass is 1110 g/mol. The number of unbranched alkanes of at least 4 members (excludes halogenated alkanes) is 12. The van der Waals surface area contributed by atoms with Gasteiger partial charge in [0.2, 0.25) is 0 Å². The zero-order chi connectivity index (χ0) is 58.5. The van der Waals surface area contributed by atoms with E-state index in [4.69, 9.17) is 14.2 Å². The molecule has 0 N–H and O–H groups in total. The van der Waals surface area contributed by atoms with E-state index in [2.05, 4.69) is 203 Å². The molecular weight excluding hydrogens is 997 g/mol. The van der Waals surface area contributed by atoms with Crippen LogP contribution in [0.25, 0.3) is 0 Å². The van der Waals surface area contributed by atoms with Crippen LogP contribution in [-0.2, 0) is 28.6 Å². The first-order valence-electron chi connectivity index (χ1n) is 31.9. The van der Waals surface area contributed by atoms with Crippen molar-refractivity contribution in [2.24, 2.45) is 0 Å². The molecule has 6 nitrogen and oxygen atoms in total. The minimum atomic E-state index is -0.834. The van der Waals surface area contributed by atoms with Crippen molar-refractivity contribution >= 4 is 17.9 Å². The quantitative estimate of drug-likeness (QED) is 0.0261. The minimum Gasteiger partial charge on any atom is -0.462 e. The molecule has 0 rings (SSSR count). The summed E-state index contributed by atoms with van der Waals surface area (Å²) < 4.78 is 16.8. The zero-order valence-corrected chi connectivity index (χ0v) is 51.5. The molecular formula is C75H114O6. The van der Waals surface area contributed by atoms with Crippen LogP contribution in [0, 0.1) is 0 Å². The van der Waals surface area contributed by atoms with Crippen molar-refractivity contribution in [2.45, 2.75) is 245 Å². The predicted octanol–water partition coefficient (Wildman–Crippen LogP) is 22.2. The van der Waals surface area contributed by atoms with Gasteiger partial charge in [0.15, 0.2) is 6.10 Å². The lowest BCUT2D eigenvalue weighted by Crippen LogP contribution is -2.30. The highest BCUT2D eigenvalue weighted by Gasteiger charge is 2.19. The lowest BCUT2D eigenvalue weighted by Gasteiger charge is -2.18. The average Bonchev–Trinajstić information content (AvgIpc) is 3.46. The molecule has 0 radical (unpaired) electrons. The summed E-state index contributed by atoms with van der Waals surface area (Å²) in [6, 6.07) is 0. The van der Waals surface area contributed by atoms with E-state index < -0.39 is 6.10 Å². The zero-order valence-electron chi connectivity index (χ0n) is 51.5. The molecule has 0 heterocycles. The van der Waals surface area contributed by atoms with Gasteiger partial charge in [0.05, 0.1) is 0 Å². The van der Waals surface area contributed by atoms with Gasteiger partial charge in [0.1, 0.15) is 13.2 Å². The van der Waals surface area contributed by atoms with Crippen molar-refractivity contribution in [1.82, 2.24) is 0 Å². The second kappa shape index (κ2) is 66.8. The number of hydrogen-bond acceptors (Lipinski definition) is 6. The maximum absolute atomic E-state index is 12.9. The summed E-state index contributed by atoms with van der Waals surface area (Å²) in [4.78, 5) is 38.2. The standard InChI is InChI=1S/C75H114O6/c1-4-7-10-13-16-19-22-25-27-29-31-32-33-34-35-36-37-38-39-40-41-42-44-45-47-50-53-56-59-62-65-68-74(77)80-71-72(70-79-73(76)67-64-61-58-55-52-49-24-21-18-15-12-9-6-3)81-75(78)69-66-63-60-57-54-51-48-46-43-30-28-26-23-20-17-14-11-8-5-2/h7-12,16-21,25-28,31-32,34-35,37-38,40-41,43-46,49,52,58,61,72H,4-6,13-15,22-24,29-30,33,36,39,42,47-48,50-51,53-57,59-60,62-71H2,1-3H3/b10-7-,11-8-,12-9-,19-16-,20-17-,21-18-,27-25-,28-26-,32-31-,35-34-,38-37-,41-40-,45-44-,46-43-,52-49-,61-58-. The topological polar surface area (TPSA) is 78.9 Å². The van der Waals surface area contributed by atoms with Crippen LogP contribution in [0.1, 0.15) is 239 Å². The van der Waals surface area contributed by atoms with Crippen LogP contribution < -0.4 is 0 Å². The molecule has 0 aliphatic carbocycles. The van der Waals surface area contributed by atoms with Crippen LogP contribution in [0.15, 0.2) is 194 Å². The highest BCUT2D eigenvalue weighted by Crippen LogP contribution is 2.13. The Balaban J connectivity index is 4.44. The number of allylic oxidation sites excluding steroid dienone is 32. The molecule has 81 heavy (non-hydrogen) atoms. The summed E-state index contributed by atoms with van der Waals surface area (Å²) in [5, 5.41) is 0. The van der Waals surface area contributed by atoms with Crippen molar-refractivity contribution in [3.8, 4) is 0 Å². The Morgan fingerprint density at radius 2 is 0.469 bits per heavy atom. The van der Waals surface area contributed by atoms with Gasteiger partial charge in [-0.25, -0.2) is 0 Å². The van der Waals surface area contributed by atoms with Crippen LogP contribution in [0.5, 0.6) is 0 Å². The molecule has 0 aliphatic heterocycles. The van der Waals surface area contributed by atoms with E-state index in [1.54, 1.807) is 0 Å². The van der Waals surface area contributed by atoms with Crippen LogP contribution >= 0.6 is 0 Å². The van der Waals surface area contributed by atoms with Crippen molar-refractivity contribution in [3.63, 3.8) is 0 Å². The molecule has 0 spiro atoms. The first-order chi connectivity index (χ1) is 40.0. The van der Waals surface area contributed by atoms with E-state index in [9.17, 15) is 14.4 Å². The van der Waals surface area contributed by atoms with E-state index in [0.29, 0.717) is 12.8 Å². The summed E-state index contributed by atoms with van der Waals surface area (Å²) >= 11 is 0. The predicted molar refractivity (Wildman–Crippen MR) is 352 cm³/mol. The molecule has 0 aliphatic rings. The Labute approximate surface area is 497 Å². The molecule has 0 aromatic rings. The summed E-state index contributed by atoms with van der Waals surface area (Å²) in [6.07, 6.45) is 102. The summed E-state index contributed by atoms with van der Waals surface area (Å²) in [5.74, 6) is -1.05. The van der Waals surface area contributed by atoms with Crippen molar-refractivity contribution in [3.05, 3.63) is 194 Å². The third kappa shape index (κ3) is 64.9. The number of rotatable bonds is 55. The van der Waals surface area contributed by atoms with Gasteiger partial charge in [-0.3, -0.25) is 14.4 Å². The number of esters is 3. The van der Waals surface area contributed by atoms with Crippen molar-refractivity contribution in [2.75, 3.05) is 13.2 Å². The second-order valence-corrected chi connectivity index (χ2v) is 20.2. The number of ether oxygens (including phenoxy) is 3. The Bertz CT molecular complexity index is 1950. The number of carbonyl (C=O) groups excluding carboxylic acids is 3. The van der Waals surface area contributed by atoms with Gasteiger partial charge in [-0.1, -0.05) is 267 Å². The summed E-state index contributed by atoms with van der Waals surface area (Å²) in [7, 11) is 0. The molecule has 1 unspecified atom stereocenters. The number of carbonyl (C=O) groups is 3. The molecule has 0 aromatic carbocycles. The van der Waals surface area contributed by atoms with Crippen molar-refractivity contribution < 1.29 is 28.6 Å². The largest absolute Gasteiger partial charge is 0.462 e. The van der Waals surface area contributed by atoms with Crippen molar-refractivity contribution in [1.29, 1.82) is 0 Å². The van der Waals surface area contributed by atoms with Gasteiger partial charge >= 0.3 is 17.9 Å². The van der Waals surface area contributed by atoms with Crippen LogP contribution in [-0.4, -0.2) is 37.2 Å². The van der Waals surface area contributed by atoms with Gasteiger partial charge in [-0.15, -0.1) is 0 Å². The average molecular weight is 1110 g/mol. The van der Waals surface area contributed by atoms with Crippen LogP contribution in [0.2, 0.25) is 0 Å². The fraction of sp³-hybridized carbons (Fsp3) is 0.533. The van der Waals surface area contributed by atoms with Crippen LogP contribution in [0.3, 0.4) is 0 Å². The Morgan fingerprint density at radius 3 is 0.765 bits per heavy atom. The van der Waals surface area contributed by atoms with E-state index >= 15 is 0 Å². The maximum atomic E-state index is 12.9. The second-order valence-electron chi connectivity index (χ2n) is 20.2. The molecule has 0 bridgehead atoms. The number of hydrogen-bond donors (Lipinski definition) is 0. The summed E-state index contributed by atoms with van der Waals surface area (Å²) in [5.41, 5.74) is 0.